The van der Waals surface area contributed by atoms with Crippen LogP contribution in [0.3, 0.4) is 0 Å². The molecule has 0 radical (unpaired) electrons. The molecule has 0 aliphatic heterocycles. The molecule has 2 rings (SSSR count). The Morgan fingerprint density at radius 2 is 1.81 bits per heavy atom. The molecular weight excluding hydrogens is 420 g/mol. The Bertz CT molecular complexity index is 901. The first-order valence-corrected chi connectivity index (χ1v) is 9.58. The van der Waals surface area contributed by atoms with Crippen molar-refractivity contribution in [3.63, 3.8) is 0 Å². The second-order valence-corrected chi connectivity index (χ2v) is 8.53. The van der Waals surface area contributed by atoms with E-state index in [1.165, 1.54) is 16.4 Å². The molecule has 0 aliphatic carbocycles. The second kappa shape index (κ2) is 8.29. The van der Waals surface area contributed by atoms with Gasteiger partial charge >= 0.3 is 6.18 Å². The molecule has 0 fully saturated rings. The van der Waals surface area contributed by atoms with E-state index in [0.29, 0.717) is 16.2 Å². The first-order valence-electron chi connectivity index (χ1n) is 7.84. The van der Waals surface area contributed by atoms with Crippen LogP contribution in [0, 0.1) is 0 Å². The van der Waals surface area contributed by atoms with Gasteiger partial charge in [0.2, 0.25) is 0 Å². The van der Waals surface area contributed by atoms with Gasteiger partial charge in [0, 0.05) is 5.75 Å². The summed E-state index contributed by atoms with van der Waals surface area (Å²) in [4.78, 5) is 12.9. The topological polar surface area (TPSA) is 34.9 Å². The van der Waals surface area contributed by atoms with Crippen molar-refractivity contribution in [2.75, 3.05) is 0 Å². The number of hydrogen-bond acceptors (Lipinski definition) is 3. The van der Waals surface area contributed by atoms with Crippen LogP contribution < -0.4 is 5.56 Å². The highest BCUT2D eigenvalue weighted by Gasteiger charge is 2.32. The van der Waals surface area contributed by atoms with E-state index in [4.69, 9.17) is 23.2 Å². The highest BCUT2D eigenvalue weighted by molar-refractivity contribution is 7.98. The largest absolute Gasteiger partial charge is 0.426 e. The summed E-state index contributed by atoms with van der Waals surface area (Å²) in [5.41, 5.74) is 0.358. The quantitative estimate of drug-likeness (QED) is 0.544. The van der Waals surface area contributed by atoms with Gasteiger partial charge in [-0.1, -0.05) is 47.5 Å². The van der Waals surface area contributed by atoms with Crippen LogP contribution in [0.1, 0.15) is 31.9 Å². The lowest BCUT2D eigenvalue weighted by Crippen LogP contribution is -2.36. The zero-order valence-corrected chi connectivity index (χ0v) is 17.1. The fraction of sp³-hybridized carbons (Fsp3) is 0.333. The number of halogens is 5. The monoisotopic (exact) mass is 436 g/mol. The number of allylic oxidation sites excluding steroid dienone is 1. The third-order valence-electron chi connectivity index (χ3n) is 3.46. The summed E-state index contributed by atoms with van der Waals surface area (Å²) in [5, 5.41) is 3.08. The van der Waals surface area contributed by atoms with E-state index < -0.39 is 16.7 Å². The van der Waals surface area contributed by atoms with Gasteiger partial charge < -0.3 is 0 Å². The van der Waals surface area contributed by atoms with Gasteiger partial charge in [0.1, 0.15) is 10.1 Å². The predicted molar refractivity (Wildman–Crippen MR) is 104 cm³/mol. The summed E-state index contributed by atoms with van der Waals surface area (Å²) in [6.45, 7) is 5.56. The minimum Gasteiger partial charge on any atom is -0.266 e. The van der Waals surface area contributed by atoms with Crippen LogP contribution >= 0.6 is 35.0 Å². The summed E-state index contributed by atoms with van der Waals surface area (Å²) >= 11 is 12.7. The molecule has 0 bridgehead atoms. The summed E-state index contributed by atoms with van der Waals surface area (Å²) < 4.78 is 38.7. The average molecular weight is 437 g/mol. The van der Waals surface area contributed by atoms with Crippen LogP contribution in [0.2, 0.25) is 5.02 Å². The molecule has 0 saturated heterocycles. The van der Waals surface area contributed by atoms with Gasteiger partial charge in [-0.2, -0.15) is 18.3 Å². The Morgan fingerprint density at radius 3 is 2.33 bits per heavy atom. The van der Waals surface area contributed by atoms with Crippen LogP contribution in [0.5, 0.6) is 0 Å². The lowest BCUT2D eigenvalue weighted by atomic mass is 10.1. The molecule has 0 unspecified atom stereocenters. The molecular formula is C18H17Cl2F3N2OS. The molecule has 1 aromatic carbocycles. The number of thioether (sulfide) groups is 1. The van der Waals surface area contributed by atoms with Gasteiger partial charge in [-0.25, -0.2) is 4.68 Å². The minimum atomic E-state index is -4.56. The molecule has 0 aliphatic rings. The van der Waals surface area contributed by atoms with Crippen LogP contribution in [0.25, 0.3) is 6.08 Å². The zero-order chi connectivity index (χ0) is 20.4. The Balaban J connectivity index is 2.12. The molecule has 3 nitrogen and oxygen atoms in total. The number of aromatic nitrogens is 2. The van der Waals surface area contributed by atoms with Crippen LogP contribution in [-0.2, 0) is 11.3 Å². The number of nitrogens with zero attached hydrogens (tertiary/aromatic N) is 2. The maximum absolute atomic E-state index is 12.4. The normalized spacial score (nSPS) is 13.1. The van der Waals surface area contributed by atoms with Crippen molar-refractivity contribution in [1.29, 1.82) is 0 Å². The van der Waals surface area contributed by atoms with Gasteiger partial charge in [-0.15, -0.1) is 11.8 Å². The molecule has 0 saturated carbocycles. The standard InChI is InChI=1S/C18H17Cl2F3N2OS/c1-17(2,3)25-16(26)15(20)13(9-24-25)27-10-12-6-4-11(5-7-12)8-14(19)18(21,22)23/h4-9H,10H2,1-3H3. The highest BCUT2D eigenvalue weighted by atomic mass is 35.5. The smallest absolute Gasteiger partial charge is 0.266 e. The lowest BCUT2D eigenvalue weighted by Gasteiger charge is -2.21. The molecule has 0 N–H and O–H groups in total. The molecule has 9 heteroatoms. The summed E-state index contributed by atoms with van der Waals surface area (Å²) in [5.74, 6) is 0.484. The highest BCUT2D eigenvalue weighted by Crippen LogP contribution is 2.31. The van der Waals surface area contributed by atoms with Gasteiger partial charge in [-0.05, 0) is 38.0 Å². The predicted octanol–water partition coefficient (Wildman–Crippen LogP) is 6.09. The van der Waals surface area contributed by atoms with Crippen LogP contribution in [0.15, 0.2) is 45.2 Å². The Hall–Kier alpha value is -1.44. The summed E-state index contributed by atoms with van der Waals surface area (Å²) in [6.07, 6.45) is -2.15. The molecule has 0 spiro atoms. The van der Waals surface area contributed by atoms with Crippen molar-refractivity contribution in [2.24, 2.45) is 0 Å². The van der Waals surface area contributed by atoms with Crippen molar-refractivity contribution < 1.29 is 13.2 Å². The minimum absolute atomic E-state index is 0.0986. The lowest BCUT2D eigenvalue weighted by molar-refractivity contribution is -0.0836. The molecule has 1 heterocycles. The molecule has 1 aromatic heterocycles. The van der Waals surface area contributed by atoms with Crippen molar-refractivity contribution in [3.8, 4) is 0 Å². The molecule has 27 heavy (non-hydrogen) atoms. The first-order chi connectivity index (χ1) is 12.4. The van der Waals surface area contributed by atoms with E-state index in [1.54, 1.807) is 30.5 Å². The Kier molecular flexibility index (Phi) is 6.71. The fourth-order valence-electron chi connectivity index (χ4n) is 2.10. The van der Waals surface area contributed by atoms with E-state index in [-0.39, 0.29) is 10.6 Å². The van der Waals surface area contributed by atoms with Gasteiger partial charge in [0.15, 0.2) is 0 Å². The van der Waals surface area contributed by atoms with E-state index in [0.717, 1.165) is 11.6 Å². The maximum Gasteiger partial charge on any atom is 0.426 e. The van der Waals surface area contributed by atoms with Gasteiger partial charge in [0.05, 0.1) is 16.6 Å². The fourth-order valence-corrected chi connectivity index (χ4v) is 3.36. The average Bonchev–Trinajstić information content (AvgIpc) is 2.55. The number of benzene rings is 1. The number of alkyl halides is 3. The van der Waals surface area contributed by atoms with E-state index in [9.17, 15) is 18.0 Å². The summed E-state index contributed by atoms with van der Waals surface area (Å²) in [7, 11) is 0. The van der Waals surface area contributed by atoms with E-state index in [2.05, 4.69) is 5.10 Å². The summed E-state index contributed by atoms with van der Waals surface area (Å²) in [6, 6.07) is 6.47. The Labute approximate surface area is 169 Å². The molecule has 2 aromatic rings. The molecule has 0 amide bonds. The number of hydrogen-bond donors (Lipinski definition) is 0. The van der Waals surface area contributed by atoms with E-state index >= 15 is 0 Å². The van der Waals surface area contributed by atoms with Crippen molar-refractivity contribution >= 4 is 41.0 Å². The first kappa shape index (κ1) is 21.9. The SMILES string of the molecule is CC(C)(C)n1ncc(SCc2ccc(C=C(Cl)C(F)(F)F)cc2)c(Cl)c1=O. The van der Waals surface area contributed by atoms with Crippen molar-refractivity contribution in [2.45, 2.75) is 43.1 Å². The maximum atomic E-state index is 12.4. The molecule has 0 atom stereocenters. The third-order valence-corrected chi connectivity index (χ3v) is 5.36. The Morgan fingerprint density at radius 1 is 1.22 bits per heavy atom. The number of rotatable bonds is 4. The van der Waals surface area contributed by atoms with Crippen LogP contribution in [0.4, 0.5) is 13.2 Å². The molecule has 146 valence electrons. The van der Waals surface area contributed by atoms with Crippen LogP contribution in [-0.4, -0.2) is 16.0 Å². The second-order valence-electron chi connectivity index (χ2n) is 6.73. The van der Waals surface area contributed by atoms with Crippen molar-refractivity contribution in [3.05, 3.63) is 62.0 Å². The van der Waals surface area contributed by atoms with Crippen molar-refractivity contribution in [1.82, 2.24) is 9.78 Å². The van der Waals surface area contributed by atoms with E-state index in [1.807, 2.05) is 20.8 Å². The van der Waals surface area contributed by atoms with Gasteiger partial charge in [-0.3, -0.25) is 4.79 Å². The third kappa shape index (κ3) is 5.77. The van der Waals surface area contributed by atoms with Gasteiger partial charge in [0.25, 0.3) is 5.56 Å². The zero-order valence-electron chi connectivity index (χ0n) is 14.8.